The van der Waals surface area contributed by atoms with E-state index in [9.17, 15) is 4.79 Å². The van der Waals surface area contributed by atoms with Gasteiger partial charge in [0.05, 0.1) is 0 Å². The number of aryl methyl sites for hydroxylation is 1. The van der Waals surface area contributed by atoms with E-state index in [0.717, 1.165) is 33.9 Å². The number of rotatable bonds is 5. The number of nitrogens with zero attached hydrogens (tertiary/aromatic N) is 3. The van der Waals surface area contributed by atoms with Gasteiger partial charge in [-0.05, 0) is 43.3 Å². The molecule has 6 nitrogen and oxygen atoms in total. The predicted molar refractivity (Wildman–Crippen MR) is 111 cm³/mol. The maximum atomic E-state index is 12.2. The fraction of sp³-hybridized carbons (Fsp3) is 0.136. The number of aromatic nitrogens is 3. The van der Waals surface area contributed by atoms with Crippen molar-refractivity contribution >= 4 is 22.9 Å². The minimum atomic E-state index is -0.232. The monoisotopic (exact) mass is 371 g/mol. The van der Waals surface area contributed by atoms with Crippen LogP contribution in [0, 0.1) is 6.92 Å². The summed E-state index contributed by atoms with van der Waals surface area (Å²) in [6.07, 6.45) is 2.35. The highest BCUT2D eigenvalue weighted by Gasteiger charge is 2.13. The van der Waals surface area contributed by atoms with Crippen molar-refractivity contribution in [1.82, 2.24) is 19.9 Å². The van der Waals surface area contributed by atoms with Gasteiger partial charge >= 0.3 is 6.03 Å². The van der Waals surface area contributed by atoms with E-state index in [0.29, 0.717) is 13.0 Å². The minimum absolute atomic E-state index is 0.232. The molecule has 0 aliphatic rings. The number of hydrogen-bond donors (Lipinski definition) is 2. The molecule has 2 amide bonds. The van der Waals surface area contributed by atoms with Crippen LogP contribution in [0.25, 0.3) is 16.9 Å². The molecule has 4 aromatic rings. The predicted octanol–water partition coefficient (Wildman–Crippen LogP) is 4.09. The molecule has 0 saturated carbocycles. The number of para-hydroxylation sites is 1. The lowest BCUT2D eigenvalue weighted by atomic mass is 10.2. The summed E-state index contributed by atoms with van der Waals surface area (Å²) in [5, 5.41) is 5.73. The summed E-state index contributed by atoms with van der Waals surface area (Å²) in [4.78, 5) is 21.3. The van der Waals surface area contributed by atoms with Crippen LogP contribution in [-0.4, -0.2) is 27.1 Å². The molecule has 2 heterocycles. The van der Waals surface area contributed by atoms with Crippen LogP contribution in [0.3, 0.4) is 0 Å². The van der Waals surface area contributed by atoms with Crippen LogP contribution in [-0.2, 0) is 6.42 Å². The Bertz CT molecular complexity index is 1090. The van der Waals surface area contributed by atoms with E-state index in [-0.39, 0.29) is 6.03 Å². The SMILES string of the molecule is Cc1ccc(NC(=O)NCCc2nc3cccnc3n2-c2ccccc2)cc1. The number of nitrogens with one attached hydrogen (secondary N) is 2. The third-order valence-corrected chi connectivity index (χ3v) is 4.44. The lowest BCUT2D eigenvalue weighted by Crippen LogP contribution is -2.30. The van der Waals surface area contributed by atoms with E-state index in [1.807, 2.05) is 78.2 Å². The fourth-order valence-electron chi connectivity index (χ4n) is 3.08. The van der Waals surface area contributed by atoms with Crippen molar-refractivity contribution < 1.29 is 4.79 Å². The Morgan fingerprint density at radius 2 is 1.79 bits per heavy atom. The summed E-state index contributed by atoms with van der Waals surface area (Å²) < 4.78 is 2.04. The second kappa shape index (κ2) is 7.92. The van der Waals surface area contributed by atoms with Gasteiger partial charge in [-0.1, -0.05) is 35.9 Å². The summed E-state index contributed by atoms with van der Waals surface area (Å²) >= 11 is 0. The number of urea groups is 1. The molecule has 0 saturated heterocycles. The van der Waals surface area contributed by atoms with Crippen molar-refractivity contribution in [2.24, 2.45) is 0 Å². The normalized spacial score (nSPS) is 10.8. The van der Waals surface area contributed by atoms with Gasteiger partial charge in [-0.25, -0.2) is 14.8 Å². The summed E-state index contributed by atoms with van der Waals surface area (Å²) in [6, 6.07) is 21.3. The number of hydrogen-bond acceptors (Lipinski definition) is 3. The third-order valence-electron chi connectivity index (χ3n) is 4.44. The van der Waals surface area contributed by atoms with E-state index in [1.54, 1.807) is 6.20 Å². The maximum absolute atomic E-state index is 12.2. The highest BCUT2D eigenvalue weighted by atomic mass is 16.2. The molecule has 140 valence electrons. The summed E-state index contributed by atoms with van der Waals surface area (Å²) in [6.45, 7) is 2.48. The number of pyridine rings is 1. The van der Waals surface area contributed by atoms with Crippen molar-refractivity contribution in [2.75, 3.05) is 11.9 Å². The Labute approximate surface area is 163 Å². The van der Waals surface area contributed by atoms with Crippen molar-refractivity contribution in [3.8, 4) is 5.69 Å². The van der Waals surface area contributed by atoms with Gasteiger partial charge < -0.3 is 10.6 Å². The quantitative estimate of drug-likeness (QED) is 0.555. The highest BCUT2D eigenvalue weighted by Crippen LogP contribution is 2.19. The molecule has 0 unspecified atom stereocenters. The number of fused-ring (bicyclic) bond motifs is 1. The van der Waals surface area contributed by atoms with Crippen molar-refractivity contribution in [3.63, 3.8) is 0 Å². The van der Waals surface area contributed by atoms with Gasteiger partial charge in [-0.2, -0.15) is 0 Å². The number of carbonyl (C=O) groups is 1. The number of carbonyl (C=O) groups excluding carboxylic acids is 1. The molecule has 0 bridgehead atoms. The van der Waals surface area contributed by atoms with Crippen LogP contribution in [0.2, 0.25) is 0 Å². The molecule has 4 rings (SSSR count). The van der Waals surface area contributed by atoms with Crippen LogP contribution in [0.15, 0.2) is 72.9 Å². The molecule has 0 radical (unpaired) electrons. The molecule has 0 fully saturated rings. The van der Waals surface area contributed by atoms with Crippen molar-refractivity contribution in [1.29, 1.82) is 0 Å². The van der Waals surface area contributed by atoms with E-state index in [4.69, 9.17) is 4.98 Å². The summed E-state index contributed by atoms with van der Waals surface area (Å²) in [5.74, 6) is 0.857. The molecule has 2 aromatic carbocycles. The summed E-state index contributed by atoms with van der Waals surface area (Å²) in [7, 11) is 0. The molecular formula is C22H21N5O. The number of imidazole rings is 1. The average Bonchev–Trinajstić information content (AvgIpc) is 3.08. The van der Waals surface area contributed by atoms with E-state index < -0.39 is 0 Å². The molecule has 6 heteroatoms. The lowest BCUT2D eigenvalue weighted by molar-refractivity contribution is 0.252. The first kappa shape index (κ1) is 17.7. The molecule has 0 aliphatic heterocycles. The number of anilines is 1. The van der Waals surface area contributed by atoms with Gasteiger partial charge in [0.2, 0.25) is 0 Å². The third kappa shape index (κ3) is 3.86. The van der Waals surface area contributed by atoms with Crippen LogP contribution in [0.5, 0.6) is 0 Å². The zero-order valence-electron chi connectivity index (χ0n) is 15.6. The molecule has 28 heavy (non-hydrogen) atoms. The molecule has 0 aliphatic carbocycles. The van der Waals surface area contributed by atoms with Crippen LogP contribution in [0.1, 0.15) is 11.4 Å². The smallest absolute Gasteiger partial charge is 0.319 e. The van der Waals surface area contributed by atoms with Crippen LogP contribution in [0.4, 0.5) is 10.5 Å². The highest BCUT2D eigenvalue weighted by molar-refractivity contribution is 5.89. The lowest BCUT2D eigenvalue weighted by Gasteiger charge is -2.10. The van der Waals surface area contributed by atoms with E-state index in [1.165, 1.54) is 0 Å². The molecule has 0 spiro atoms. The van der Waals surface area contributed by atoms with Crippen LogP contribution >= 0.6 is 0 Å². The van der Waals surface area contributed by atoms with E-state index >= 15 is 0 Å². The zero-order valence-corrected chi connectivity index (χ0v) is 15.6. The first-order chi connectivity index (χ1) is 13.7. The second-order valence-corrected chi connectivity index (χ2v) is 6.54. The van der Waals surface area contributed by atoms with Gasteiger partial charge in [0.1, 0.15) is 11.3 Å². The largest absolute Gasteiger partial charge is 0.337 e. The van der Waals surface area contributed by atoms with Crippen LogP contribution < -0.4 is 10.6 Å². The average molecular weight is 371 g/mol. The van der Waals surface area contributed by atoms with Gasteiger partial charge in [0, 0.05) is 30.5 Å². The summed E-state index contributed by atoms with van der Waals surface area (Å²) in [5.41, 5.74) is 4.57. The fourth-order valence-corrected chi connectivity index (χ4v) is 3.08. The van der Waals surface area contributed by atoms with E-state index in [2.05, 4.69) is 15.6 Å². The van der Waals surface area contributed by atoms with Gasteiger partial charge in [-0.15, -0.1) is 0 Å². The van der Waals surface area contributed by atoms with Gasteiger partial charge in [0.25, 0.3) is 0 Å². The Morgan fingerprint density at radius 3 is 2.57 bits per heavy atom. The zero-order chi connectivity index (χ0) is 19.3. The Balaban J connectivity index is 1.47. The van der Waals surface area contributed by atoms with Gasteiger partial charge in [-0.3, -0.25) is 4.57 Å². The minimum Gasteiger partial charge on any atom is -0.337 e. The Kier molecular flexibility index (Phi) is 5.01. The van der Waals surface area contributed by atoms with Crippen molar-refractivity contribution in [3.05, 3.63) is 84.3 Å². The first-order valence-electron chi connectivity index (χ1n) is 9.20. The molecule has 0 atom stereocenters. The standard InChI is InChI=1S/C22H21N5O/c1-16-9-11-17(12-10-16)25-22(28)24-15-13-20-26-19-8-5-14-23-21(19)27(20)18-6-3-2-4-7-18/h2-12,14H,13,15H2,1H3,(H2,24,25,28). The Morgan fingerprint density at radius 1 is 1.00 bits per heavy atom. The molecule has 2 N–H and O–H groups in total. The Hall–Kier alpha value is -3.67. The first-order valence-corrected chi connectivity index (χ1v) is 9.20. The maximum Gasteiger partial charge on any atom is 0.319 e. The topological polar surface area (TPSA) is 71.8 Å². The number of benzene rings is 2. The number of amides is 2. The van der Waals surface area contributed by atoms with Gasteiger partial charge in [0.15, 0.2) is 5.65 Å². The molecule has 2 aromatic heterocycles. The second-order valence-electron chi connectivity index (χ2n) is 6.54. The van der Waals surface area contributed by atoms with Crippen molar-refractivity contribution in [2.45, 2.75) is 13.3 Å². The molecular weight excluding hydrogens is 350 g/mol.